The van der Waals surface area contributed by atoms with Gasteiger partial charge in [0.05, 0.1) is 16.8 Å². The van der Waals surface area contributed by atoms with Crippen LogP contribution in [0.5, 0.6) is 11.5 Å². The summed E-state index contributed by atoms with van der Waals surface area (Å²) >= 11 is 1.01. The average molecular weight is 499 g/mol. The number of hydrogen-bond donors (Lipinski definition) is 1. The number of thioether (sulfide) groups is 1. The second-order valence-electron chi connectivity index (χ2n) is 8.66. The zero-order valence-corrected chi connectivity index (χ0v) is 20.0. The average Bonchev–Trinajstić information content (AvgIpc) is 3.57. The van der Waals surface area contributed by atoms with Crippen molar-refractivity contribution >= 4 is 39.8 Å². The van der Waals surface area contributed by atoms with Crippen LogP contribution in [0.3, 0.4) is 0 Å². The number of para-hydroxylation sites is 1. The molecule has 10 heteroatoms. The maximum absolute atomic E-state index is 12.7. The van der Waals surface area contributed by atoms with Gasteiger partial charge < -0.3 is 10.5 Å². The van der Waals surface area contributed by atoms with Gasteiger partial charge in [-0.1, -0.05) is 24.3 Å². The molecule has 36 heavy (non-hydrogen) atoms. The van der Waals surface area contributed by atoms with Crippen molar-refractivity contribution in [2.45, 2.75) is 19.4 Å². The smallest absolute Gasteiger partial charge is 0.293 e. The quantitative estimate of drug-likeness (QED) is 0.359. The molecular weight excluding hydrogens is 476 g/mol. The molecule has 1 aliphatic carbocycles. The van der Waals surface area contributed by atoms with Crippen LogP contribution < -0.4 is 10.5 Å². The van der Waals surface area contributed by atoms with E-state index in [1.54, 1.807) is 4.68 Å². The monoisotopic (exact) mass is 498 g/mol. The zero-order chi connectivity index (χ0) is 24.6. The van der Waals surface area contributed by atoms with E-state index in [-0.39, 0.29) is 24.2 Å². The van der Waals surface area contributed by atoms with E-state index in [1.807, 2.05) is 60.7 Å². The molecule has 6 rings (SSSR count). The number of nitrogen functional groups attached to an aromatic ring is 1. The predicted octanol–water partition coefficient (Wildman–Crippen LogP) is 4.86. The molecule has 2 aromatic carbocycles. The molecule has 3 heterocycles. The number of allylic oxidation sites excluding steroid dienone is 1. The Hall–Kier alpha value is -4.18. The molecule has 0 radical (unpaired) electrons. The minimum atomic E-state index is -0.258. The SMILES string of the molecule is Nc1ncnc2c1c(-c1ccc(Oc3ccccc3)cc1)nn2CCN1C(=O)SC(=CC2CC2)C1=O. The van der Waals surface area contributed by atoms with Gasteiger partial charge in [0.15, 0.2) is 5.65 Å². The van der Waals surface area contributed by atoms with Gasteiger partial charge in [-0.15, -0.1) is 0 Å². The standard InChI is InChI=1S/C26H22N6O3S/c27-23-21-22(17-8-10-19(11-9-17)35-18-4-2-1-3-5-18)30-32(24(21)29-15-28-23)13-12-31-25(33)20(36-26(31)34)14-16-6-7-16/h1-5,8-11,14-16H,6-7,12-13H2,(H2,27,28,29). The molecule has 2 aliphatic rings. The summed E-state index contributed by atoms with van der Waals surface area (Å²) in [5, 5.41) is 5.11. The van der Waals surface area contributed by atoms with Crippen LogP contribution in [-0.2, 0) is 11.3 Å². The van der Waals surface area contributed by atoms with Gasteiger partial charge in [0.25, 0.3) is 11.1 Å². The van der Waals surface area contributed by atoms with E-state index in [0.29, 0.717) is 39.1 Å². The first-order chi connectivity index (χ1) is 17.6. The van der Waals surface area contributed by atoms with Gasteiger partial charge in [-0.3, -0.25) is 14.5 Å². The van der Waals surface area contributed by atoms with Crippen LogP contribution in [0.2, 0.25) is 0 Å². The fourth-order valence-electron chi connectivity index (χ4n) is 4.07. The number of ether oxygens (including phenoxy) is 1. The third-order valence-corrected chi connectivity index (χ3v) is 7.01. The number of benzene rings is 2. The number of hydrogen-bond acceptors (Lipinski definition) is 8. The van der Waals surface area contributed by atoms with Crippen molar-refractivity contribution in [1.29, 1.82) is 0 Å². The zero-order valence-electron chi connectivity index (χ0n) is 19.2. The molecule has 180 valence electrons. The normalized spacial score (nSPS) is 16.9. The van der Waals surface area contributed by atoms with Crippen LogP contribution in [0.15, 0.2) is 71.9 Å². The molecule has 9 nitrogen and oxygen atoms in total. The highest BCUT2D eigenvalue weighted by Crippen LogP contribution is 2.38. The van der Waals surface area contributed by atoms with E-state index in [2.05, 4.69) is 9.97 Å². The van der Waals surface area contributed by atoms with Crippen LogP contribution >= 0.6 is 11.8 Å². The number of carbonyl (C=O) groups excluding carboxylic acids is 2. The Morgan fingerprint density at radius 1 is 1.00 bits per heavy atom. The van der Waals surface area contributed by atoms with E-state index in [0.717, 1.165) is 35.9 Å². The van der Waals surface area contributed by atoms with Crippen molar-refractivity contribution in [2.75, 3.05) is 12.3 Å². The van der Waals surface area contributed by atoms with E-state index >= 15 is 0 Å². The Labute approximate surface area is 211 Å². The van der Waals surface area contributed by atoms with Crippen LogP contribution in [0.25, 0.3) is 22.3 Å². The van der Waals surface area contributed by atoms with Crippen LogP contribution in [0, 0.1) is 5.92 Å². The maximum Gasteiger partial charge on any atom is 0.293 e. The number of fused-ring (bicyclic) bond motifs is 1. The lowest BCUT2D eigenvalue weighted by Gasteiger charge is -2.12. The van der Waals surface area contributed by atoms with Crippen molar-refractivity contribution < 1.29 is 14.3 Å². The lowest BCUT2D eigenvalue weighted by molar-refractivity contribution is -0.122. The first kappa shape index (κ1) is 22.3. The maximum atomic E-state index is 12.7. The van der Waals surface area contributed by atoms with Gasteiger partial charge in [-0.25, -0.2) is 14.6 Å². The van der Waals surface area contributed by atoms with Crippen molar-refractivity contribution in [3.63, 3.8) is 0 Å². The molecule has 1 saturated carbocycles. The molecule has 2 N–H and O–H groups in total. The van der Waals surface area contributed by atoms with Gasteiger partial charge in [-0.05, 0) is 66.9 Å². The minimum absolute atomic E-state index is 0.191. The molecule has 1 aliphatic heterocycles. The van der Waals surface area contributed by atoms with E-state index in [4.69, 9.17) is 15.6 Å². The number of rotatable bonds is 7. The first-order valence-electron chi connectivity index (χ1n) is 11.6. The molecule has 0 unspecified atom stereocenters. The molecule has 1 saturated heterocycles. The Balaban J connectivity index is 1.26. The van der Waals surface area contributed by atoms with E-state index in [1.165, 1.54) is 11.2 Å². The second-order valence-corrected chi connectivity index (χ2v) is 9.66. The van der Waals surface area contributed by atoms with Gasteiger partial charge in [-0.2, -0.15) is 5.10 Å². The highest BCUT2D eigenvalue weighted by molar-refractivity contribution is 8.18. The number of amides is 2. The molecule has 2 amide bonds. The Morgan fingerprint density at radius 2 is 1.75 bits per heavy atom. The van der Waals surface area contributed by atoms with Crippen molar-refractivity contribution in [1.82, 2.24) is 24.6 Å². The Morgan fingerprint density at radius 3 is 2.50 bits per heavy atom. The van der Waals surface area contributed by atoms with Crippen LogP contribution in [-0.4, -0.2) is 42.3 Å². The lowest BCUT2D eigenvalue weighted by atomic mass is 10.1. The van der Waals surface area contributed by atoms with Crippen molar-refractivity contribution in [2.24, 2.45) is 5.92 Å². The summed E-state index contributed by atoms with van der Waals surface area (Å²) < 4.78 is 7.56. The topological polar surface area (TPSA) is 116 Å². The number of nitrogens with zero attached hydrogens (tertiary/aromatic N) is 5. The second kappa shape index (κ2) is 9.12. The van der Waals surface area contributed by atoms with Gasteiger partial charge in [0, 0.05) is 12.1 Å². The summed E-state index contributed by atoms with van der Waals surface area (Å²) in [6, 6.07) is 17.1. The molecular formula is C26H22N6O3S. The number of aromatic nitrogens is 4. The first-order valence-corrected chi connectivity index (χ1v) is 12.4. The molecule has 2 fully saturated rings. The summed E-state index contributed by atoms with van der Waals surface area (Å²) in [7, 11) is 0. The fourth-order valence-corrected chi connectivity index (χ4v) is 5.00. The fraction of sp³-hybridized carbons (Fsp3) is 0.192. The summed E-state index contributed by atoms with van der Waals surface area (Å²) in [6.07, 6.45) is 5.46. The van der Waals surface area contributed by atoms with E-state index < -0.39 is 0 Å². The Kier molecular flexibility index (Phi) is 5.65. The van der Waals surface area contributed by atoms with E-state index in [9.17, 15) is 9.59 Å². The van der Waals surface area contributed by atoms with Crippen LogP contribution in [0.4, 0.5) is 10.6 Å². The lowest BCUT2D eigenvalue weighted by Crippen LogP contribution is -2.31. The van der Waals surface area contributed by atoms with Crippen molar-refractivity contribution in [3.05, 3.63) is 71.9 Å². The summed E-state index contributed by atoms with van der Waals surface area (Å²) in [5.74, 6) is 1.93. The summed E-state index contributed by atoms with van der Waals surface area (Å²) in [4.78, 5) is 35.5. The third kappa shape index (κ3) is 4.31. The minimum Gasteiger partial charge on any atom is -0.457 e. The number of anilines is 1. The van der Waals surface area contributed by atoms with Crippen molar-refractivity contribution in [3.8, 4) is 22.8 Å². The number of imide groups is 1. The Bertz CT molecular complexity index is 1500. The molecule has 2 aromatic heterocycles. The molecule has 0 spiro atoms. The predicted molar refractivity (Wildman–Crippen MR) is 137 cm³/mol. The van der Waals surface area contributed by atoms with Gasteiger partial charge >= 0.3 is 0 Å². The van der Waals surface area contributed by atoms with Gasteiger partial charge in [0.2, 0.25) is 0 Å². The highest BCUT2D eigenvalue weighted by atomic mass is 32.2. The van der Waals surface area contributed by atoms with Crippen LogP contribution in [0.1, 0.15) is 12.8 Å². The summed E-state index contributed by atoms with van der Waals surface area (Å²) in [5.41, 5.74) is 8.20. The largest absolute Gasteiger partial charge is 0.457 e. The molecule has 0 bridgehead atoms. The number of carbonyl (C=O) groups is 2. The number of nitrogens with two attached hydrogens (primary N) is 1. The molecule has 4 aromatic rings. The summed E-state index contributed by atoms with van der Waals surface area (Å²) in [6.45, 7) is 0.480. The van der Waals surface area contributed by atoms with Gasteiger partial charge in [0.1, 0.15) is 29.3 Å². The third-order valence-electron chi connectivity index (χ3n) is 6.08. The molecule has 0 atom stereocenters. The highest BCUT2D eigenvalue weighted by Gasteiger charge is 2.36.